The Morgan fingerprint density at radius 3 is 2.80 bits per heavy atom. The van der Waals surface area contributed by atoms with Crippen molar-refractivity contribution in [1.82, 2.24) is 10.6 Å². The third-order valence-electron chi connectivity index (χ3n) is 3.41. The first kappa shape index (κ1) is 14.6. The number of amides is 1. The second-order valence-corrected chi connectivity index (χ2v) is 4.70. The van der Waals surface area contributed by atoms with Crippen molar-refractivity contribution in [3.05, 3.63) is 59.5 Å². The van der Waals surface area contributed by atoms with E-state index in [0.717, 1.165) is 18.7 Å². The zero-order valence-corrected chi connectivity index (χ0v) is 11.8. The summed E-state index contributed by atoms with van der Waals surface area (Å²) in [4.78, 5) is 12.1. The van der Waals surface area contributed by atoms with Gasteiger partial charge in [0.2, 0.25) is 5.91 Å². The van der Waals surface area contributed by atoms with Crippen molar-refractivity contribution in [2.45, 2.75) is 25.6 Å². The normalized spacial score (nSPS) is 16.9. The van der Waals surface area contributed by atoms with E-state index in [1.54, 1.807) is 6.26 Å². The van der Waals surface area contributed by atoms with Gasteiger partial charge in [0, 0.05) is 6.54 Å². The lowest BCUT2D eigenvalue weighted by atomic mass is 9.95. The molecule has 0 bridgehead atoms. The third kappa shape index (κ3) is 3.21. The largest absolute Gasteiger partial charge is 0.467 e. The fraction of sp³-hybridized carbons (Fsp3) is 0.267. The van der Waals surface area contributed by atoms with Crippen LogP contribution in [0, 0.1) is 0 Å². The maximum atomic E-state index is 12.1. The lowest BCUT2D eigenvalue weighted by Gasteiger charge is -2.25. The fourth-order valence-electron chi connectivity index (χ4n) is 2.35. The Labute approximate surface area is 124 Å². The summed E-state index contributed by atoms with van der Waals surface area (Å²) in [6.45, 7) is 1.18. The Morgan fingerprint density at radius 1 is 1.25 bits per heavy atom. The van der Waals surface area contributed by atoms with Crippen LogP contribution in [0.5, 0.6) is 0 Å². The summed E-state index contributed by atoms with van der Waals surface area (Å²) >= 11 is 0. The number of rotatable bonds is 3. The monoisotopic (exact) mass is 292 g/mol. The second-order valence-electron chi connectivity index (χ2n) is 4.70. The molecule has 1 aromatic heterocycles. The Hall–Kier alpha value is -1.78. The van der Waals surface area contributed by atoms with Gasteiger partial charge in [-0.05, 0) is 29.7 Å². The Bertz CT molecular complexity index is 569. The zero-order valence-electron chi connectivity index (χ0n) is 11.0. The van der Waals surface area contributed by atoms with E-state index < -0.39 is 0 Å². The molecule has 0 aliphatic carbocycles. The molecule has 1 amide bonds. The van der Waals surface area contributed by atoms with E-state index in [4.69, 9.17) is 4.42 Å². The summed E-state index contributed by atoms with van der Waals surface area (Å²) in [5, 5.41) is 6.15. The van der Waals surface area contributed by atoms with Crippen LogP contribution >= 0.6 is 12.4 Å². The van der Waals surface area contributed by atoms with Gasteiger partial charge in [0.05, 0.1) is 18.8 Å². The van der Waals surface area contributed by atoms with E-state index in [1.165, 1.54) is 11.1 Å². The topological polar surface area (TPSA) is 54.3 Å². The van der Waals surface area contributed by atoms with Crippen LogP contribution in [0.15, 0.2) is 47.1 Å². The molecule has 2 aromatic rings. The number of carbonyl (C=O) groups is 1. The molecule has 1 aliphatic heterocycles. The molecule has 1 unspecified atom stereocenters. The van der Waals surface area contributed by atoms with Crippen molar-refractivity contribution >= 4 is 18.3 Å². The maximum absolute atomic E-state index is 12.1. The predicted molar refractivity (Wildman–Crippen MR) is 78.6 cm³/mol. The van der Waals surface area contributed by atoms with Gasteiger partial charge in [-0.15, -0.1) is 12.4 Å². The smallest absolute Gasteiger partial charge is 0.237 e. The number of benzene rings is 1. The highest BCUT2D eigenvalue weighted by molar-refractivity contribution is 5.85. The number of fused-ring (bicyclic) bond motifs is 1. The molecule has 5 heteroatoms. The molecule has 3 rings (SSSR count). The minimum Gasteiger partial charge on any atom is -0.467 e. The number of nitrogens with one attached hydrogen (secondary N) is 2. The molecule has 2 heterocycles. The van der Waals surface area contributed by atoms with Crippen LogP contribution in [0.25, 0.3) is 0 Å². The van der Waals surface area contributed by atoms with Crippen molar-refractivity contribution in [2.75, 3.05) is 0 Å². The molecular weight excluding hydrogens is 276 g/mol. The summed E-state index contributed by atoms with van der Waals surface area (Å²) in [5.74, 6) is 0.787. The second kappa shape index (κ2) is 6.59. The number of hydrogen-bond donors (Lipinski definition) is 2. The van der Waals surface area contributed by atoms with Crippen molar-refractivity contribution < 1.29 is 9.21 Å². The number of carbonyl (C=O) groups excluding carboxylic acids is 1. The zero-order chi connectivity index (χ0) is 13.1. The van der Waals surface area contributed by atoms with Gasteiger partial charge in [-0.3, -0.25) is 4.79 Å². The van der Waals surface area contributed by atoms with E-state index >= 15 is 0 Å². The van der Waals surface area contributed by atoms with Gasteiger partial charge in [-0.25, -0.2) is 0 Å². The van der Waals surface area contributed by atoms with Crippen LogP contribution in [0.4, 0.5) is 0 Å². The first-order valence-electron chi connectivity index (χ1n) is 6.43. The van der Waals surface area contributed by atoms with Crippen LogP contribution < -0.4 is 10.6 Å². The molecule has 0 spiro atoms. The SMILES string of the molecule is Cl.O=C(NCc1ccco1)C1Cc2ccccc2CN1. The van der Waals surface area contributed by atoms with Gasteiger partial charge in [0.15, 0.2) is 0 Å². The molecule has 0 radical (unpaired) electrons. The Kier molecular flexibility index (Phi) is 4.82. The van der Waals surface area contributed by atoms with Crippen LogP contribution in [0.3, 0.4) is 0 Å². The number of halogens is 1. The fourth-order valence-corrected chi connectivity index (χ4v) is 2.35. The highest BCUT2D eigenvalue weighted by Gasteiger charge is 2.23. The third-order valence-corrected chi connectivity index (χ3v) is 3.41. The lowest BCUT2D eigenvalue weighted by Crippen LogP contribution is -2.47. The molecule has 20 heavy (non-hydrogen) atoms. The van der Waals surface area contributed by atoms with E-state index in [9.17, 15) is 4.79 Å². The van der Waals surface area contributed by atoms with Gasteiger partial charge >= 0.3 is 0 Å². The first-order valence-corrected chi connectivity index (χ1v) is 6.43. The molecule has 1 aliphatic rings. The summed E-state index contributed by atoms with van der Waals surface area (Å²) < 4.78 is 5.19. The average molecular weight is 293 g/mol. The number of furan rings is 1. The van der Waals surface area contributed by atoms with Gasteiger partial charge in [-0.1, -0.05) is 24.3 Å². The molecule has 0 saturated heterocycles. The summed E-state index contributed by atoms with van der Waals surface area (Å²) in [5.41, 5.74) is 2.52. The van der Waals surface area contributed by atoms with Gasteiger partial charge in [-0.2, -0.15) is 0 Å². The standard InChI is InChI=1S/C15H16N2O2.ClH/c18-15(17-10-13-6-3-7-19-13)14-8-11-4-1-2-5-12(11)9-16-14;/h1-7,14,16H,8-10H2,(H,17,18);1H. The Balaban J connectivity index is 0.00000147. The van der Waals surface area contributed by atoms with Gasteiger partial charge in [0.1, 0.15) is 5.76 Å². The van der Waals surface area contributed by atoms with E-state index in [0.29, 0.717) is 6.54 Å². The van der Waals surface area contributed by atoms with Crippen molar-refractivity contribution in [2.24, 2.45) is 0 Å². The summed E-state index contributed by atoms with van der Waals surface area (Å²) in [7, 11) is 0. The predicted octanol–water partition coefficient (Wildman–Crippen LogP) is 2.03. The lowest BCUT2D eigenvalue weighted by molar-refractivity contribution is -0.123. The highest BCUT2D eigenvalue weighted by atomic mass is 35.5. The number of hydrogen-bond acceptors (Lipinski definition) is 3. The summed E-state index contributed by atoms with van der Waals surface area (Å²) in [6, 6.07) is 11.7. The van der Waals surface area contributed by atoms with Crippen molar-refractivity contribution in [1.29, 1.82) is 0 Å². The molecule has 0 saturated carbocycles. The van der Waals surface area contributed by atoms with Crippen LogP contribution in [-0.4, -0.2) is 11.9 Å². The molecule has 0 fully saturated rings. The van der Waals surface area contributed by atoms with E-state index in [-0.39, 0.29) is 24.4 Å². The van der Waals surface area contributed by atoms with Gasteiger partial charge in [0.25, 0.3) is 0 Å². The molecule has 1 atom stereocenters. The minimum absolute atomic E-state index is 0. The van der Waals surface area contributed by atoms with Crippen LogP contribution in [0.2, 0.25) is 0 Å². The highest BCUT2D eigenvalue weighted by Crippen LogP contribution is 2.16. The molecule has 1 aromatic carbocycles. The van der Waals surface area contributed by atoms with Crippen LogP contribution in [0.1, 0.15) is 16.9 Å². The van der Waals surface area contributed by atoms with Gasteiger partial charge < -0.3 is 15.1 Å². The molecule has 4 nitrogen and oxygen atoms in total. The average Bonchev–Trinajstić information content (AvgIpc) is 2.97. The van der Waals surface area contributed by atoms with E-state index in [2.05, 4.69) is 22.8 Å². The quantitative estimate of drug-likeness (QED) is 0.910. The maximum Gasteiger partial charge on any atom is 0.237 e. The summed E-state index contributed by atoms with van der Waals surface area (Å²) in [6.07, 6.45) is 2.34. The molecule has 2 N–H and O–H groups in total. The van der Waals surface area contributed by atoms with Crippen LogP contribution in [-0.2, 0) is 24.3 Å². The molecule has 106 valence electrons. The first-order chi connectivity index (χ1) is 9.33. The van der Waals surface area contributed by atoms with Crippen molar-refractivity contribution in [3.63, 3.8) is 0 Å². The van der Waals surface area contributed by atoms with E-state index in [1.807, 2.05) is 24.3 Å². The Morgan fingerprint density at radius 2 is 2.05 bits per heavy atom. The minimum atomic E-state index is -0.162. The molecular formula is C15H17ClN2O2. The van der Waals surface area contributed by atoms with Crippen molar-refractivity contribution in [3.8, 4) is 0 Å².